The predicted octanol–water partition coefficient (Wildman–Crippen LogP) is 3.36. The summed E-state index contributed by atoms with van der Waals surface area (Å²) in [4.78, 5) is 4.39. The molecular formula is C13H12ClIN2O. The second-order valence-electron chi connectivity index (χ2n) is 4.54. The Bertz CT molecular complexity index is 599. The van der Waals surface area contributed by atoms with Crippen molar-refractivity contribution < 1.29 is 4.74 Å². The quantitative estimate of drug-likeness (QED) is 0.820. The van der Waals surface area contributed by atoms with E-state index in [1.807, 2.05) is 18.2 Å². The number of benzene rings is 1. The molecular weight excluding hydrogens is 363 g/mol. The van der Waals surface area contributed by atoms with Crippen molar-refractivity contribution in [3.05, 3.63) is 33.0 Å². The summed E-state index contributed by atoms with van der Waals surface area (Å²) in [6.45, 7) is 0. The zero-order valence-corrected chi connectivity index (χ0v) is 12.5. The lowest BCUT2D eigenvalue weighted by molar-refractivity contribution is 0.101. The summed E-state index contributed by atoms with van der Waals surface area (Å²) in [5, 5.41) is 1.64. The number of pyridine rings is 1. The van der Waals surface area contributed by atoms with Crippen LogP contribution in [0.2, 0.25) is 5.02 Å². The van der Waals surface area contributed by atoms with Gasteiger partial charge in [0.15, 0.2) is 5.75 Å². The molecule has 1 aromatic heterocycles. The van der Waals surface area contributed by atoms with E-state index in [0.29, 0.717) is 5.02 Å². The number of hydrogen-bond donors (Lipinski definition) is 1. The van der Waals surface area contributed by atoms with Crippen molar-refractivity contribution in [2.24, 2.45) is 5.73 Å². The van der Waals surface area contributed by atoms with E-state index >= 15 is 0 Å². The van der Waals surface area contributed by atoms with Crippen LogP contribution in [0.25, 0.3) is 10.9 Å². The first-order valence-corrected chi connectivity index (χ1v) is 7.26. The van der Waals surface area contributed by atoms with E-state index in [-0.39, 0.29) is 12.1 Å². The molecule has 0 saturated heterocycles. The first-order chi connectivity index (χ1) is 8.65. The largest absolute Gasteiger partial charge is 0.487 e. The molecule has 0 unspecified atom stereocenters. The minimum Gasteiger partial charge on any atom is -0.487 e. The Morgan fingerprint density at radius 3 is 2.94 bits per heavy atom. The highest BCUT2D eigenvalue weighted by atomic mass is 127. The number of aromatic nitrogens is 1. The summed E-state index contributed by atoms with van der Waals surface area (Å²) in [5.74, 6) is 0.826. The Morgan fingerprint density at radius 2 is 2.22 bits per heavy atom. The van der Waals surface area contributed by atoms with Gasteiger partial charge < -0.3 is 10.5 Å². The van der Waals surface area contributed by atoms with Gasteiger partial charge in [-0.15, -0.1) is 0 Å². The van der Waals surface area contributed by atoms with Crippen molar-refractivity contribution in [2.45, 2.75) is 25.0 Å². The molecule has 1 aromatic carbocycles. The van der Waals surface area contributed by atoms with Gasteiger partial charge in [0.1, 0.15) is 11.6 Å². The Kier molecular flexibility index (Phi) is 3.34. The average Bonchev–Trinajstić information content (AvgIpc) is 2.32. The third-order valence-electron chi connectivity index (χ3n) is 3.17. The second-order valence-corrected chi connectivity index (χ2v) is 6.11. The number of fused-ring (bicyclic) bond motifs is 1. The SMILES string of the molecule is NC1CC(Oc2c(I)cc(Cl)c3cccnc23)C1. The van der Waals surface area contributed by atoms with E-state index in [2.05, 4.69) is 27.6 Å². The van der Waals surface area contributed by atoms with Crippen molar-refractivity contribution in [3.8, 4) is 5.75 Å². The van der Waals surface area contributed by atoms with Crippen LogP contribution in [0.15, 0.2) is 24.4 Å². The van der Waals surface area contributed by atoms with Gasteiger partial charge >= 0.3 is 0 Å². The van der Waals surface area contributed by atoms with Gasteiger partial charge in [-0.3, -0.25) is 4.98 Å². The average molecular weight is 375 g/mol. The first kappa shape index (κ1) is 12.4. The number of nitrogens with zero attached hydrogens (tertiary/aromatic N) is 1. The van der Waals surface area contributed by atoms with E-state index < -0.39 is 0 Å². The van der Waals surface area contributed by atoms with Gasteiger partial charge in [-0.1, -0.05) is 11.6 Å². The van der Waals surface area contributed by atoms with Crippen LogP contribution in [-0.2, 0) is 0 Å². The fourth-order valence-corrected chi connectivity index (χ4v) is 3.27. The summed E-state index contributed by atoms with van der Waals surface area (Å²) in [5.41, 5.74) is 6.61. The van der Waals surface area contributed by atoms with Gasteiger partial charge in [-0.25, -0.2) is 0 Å². The molecule has 2 N–H and O–H groups in total. The van der Waals surface area contributed by atoms with Crippen LogP contribution >= 0.6 is 34.2 Å². The standard InChI is InChI=1S/C13H12ClIN2O/c14-10-6-11(15)13(18-8-4-7(16)5-8)12-9(10)2-1-3-17-12/h1-3,6-8H,4-5,16H2. The molecule has 1 heterocycles. The third-order valence-corrected chi connectivity index (χ3v) is 4.28. The predicted molar refractivity (Wildman–Crippen MR) is 81.1 cm³/mol. The van der Waals surface area contributed by atoms with Gasteiger partial charge in [0.2, 0.25) is 0 Å². The van der Waals surface area contributed by atoms with Crippen LogP contribution in [0.1, 0.15) is 12.8 Å². The number of rotatable bonds is 2. The van der Waals surface area contributed by atoms with Gasteiger partial charge in [-0.2, -0.15) is 0 Å². The maximum atomic E-state index is 6.22. The van der Waals surface area contributed by atoms with E-state index in [9.17, 15) is 0 Å². The Labute approximate surface area is 124 Å². The third kappa shape index (κ3) is 2.17. The van der Waals surface area contributed by atoms with Crippen molar-refractivity contribution in [2.75, 3.05) is 0 Å². The minimum absolute atomic E-state index is 0.208. The fourth-order valence-electron chi connectivity index (χ4n) is 2.13. The fraction of sp³-hybridized carbons (Fsp3) is 0.308. The maximum Gasteiger partial charge on any atom is 0.159 e. The molecule has 0 amide bonds. The molecule has 1 aliphatic rings. The van der Waals surface area contributed by atoms with Crippen molar-refractivity contribution >= 4 is 45.1 Å². The molecule has 1 saturated carbocycles. The topological polar surface area (TPSA) is 48.1 Å². The molecule has 0 radical (unpaired) electrons. The van der Waals surface area contributed by atoms with Crippen LogP contribution in [0.3, 0.4) is 0 Å². The molecule has 1 aliphatic carbocycles. The Morgan fingerprint density at radius 1 is 1.44 bits per heavy atom. The number of nitrogens with two attached hydrogens (primary N) is 1. The van der Waals surface area contributed by atoms with Crippen molar-refractivity contribution in [1.29, 1.82) is 0 Å². The highest BCUT2D eigenvalue weighted by Crippen LogP contribution is 2.37. The first-order valence-electron chi connectivity index (χ1n) is 5.80. The molecule has 0 spiro atoms. The minimum atomic E-state index is 0.208. The van der Waals surface area contributed by atoms with E-state index in [4.69, 9.17) is 22.1 Å². The van der Waals surface area contributed by atoms with Crippen LogP contribution in [-0.4, -0.2) is 17.1 Å². The lowest BCUT2D eigenvalue weighted by Gasteiger charge is -2.33. The molecule has 3 nitrogen and oxygen atoms in total. The van der Waals surface area contributed by atoms with E-state index in [0.717, 1.165) is 33.1 Å². The summed E-state index contributed by atoms with van der Waals surface area (Å²) in [7, 11) is 0. The monoisotopic (exact) mass is 374 g/mol. The number of halogens is 2. The number of hydrogen-bond acceptors (Lipinski definition) is 3. The zero-order chi connectivity index (χ0) is 12.7. The number of ether oxygens (including phenoxy) is 1. The molecule has 0 aliphatic heterocycles. The molecule has 0 atom stereocenters. The maximum absolute atomic E-state index is 6.22. The smallest absolute Gasteiger partial charge is 0.159 e. The van der Waals surface area contributed by atoms with Crippen molar-refractivity contribution in [3.63, 3.8) is 0 Å². The summed E-state index contributed by atoms with van der Waals surface area (Å²) in [6, 6.07) is 6.03. The highest BCUT2D eigenvalue weighted by Gasteiger charge is 2.29. The lowest BCUT2D eigenvalue weighted by atomic mass is 9.90. The van der Waals surface area contributed by atoms with Crippen LogP contribution in [0, 0.1) is 3.57 Å². The van der Waals surface area contributed by atoms with Gasteiger partial charge in [0.25, 0.3) is 0 Å². The molecule has 0 bridgehead atoms. The summed E-state index contributed by atoms with van der Waals surface area (Å²) < 4.78 is 7.00. The second kappa shape index (κ2) is 4.83. The molecule has 2 aromatic rings. The van der Waals surface area contributed by atoms with E-state index in [1.165, 1.54) is 0 Å². The van der Waals surface area contributed by atoms with Gasteiger partial charge in [0, 0.05) is 17.6 Å². The summed E-state index contributed by atoms with van der Waals surface area (Å²) in [6.07, 6.45) is 3.79. The zero-order valence-electron chi connectivity index (χ0n) is 9.57. The molecule has 1 fully saturated rings. The molecule has 94 valence electrons. The van der Waals surface area contributed by atoms with E-state index in [1.54, 1.807) is 6.20 Å². The molecule has 18 heavy (non-hydrogen) atoms. The van der Waals surface area contributed by atoms with Gasteiger partial charge in [-0.05, 0) is 53.6 Å². The van der Waals surface area contributed by atoms with Crippen LogP contribution in [0.5, 0.6) is 5.75 Å². The highest BCUT2D eigenvalue weighted by molar-refractivity contribution is 14.1. The van der Waals surface area contributed by atoms with Crippen LogP contribution in [0.4, 0.5) is 0 Å². The Balaban J connectivity index is 2.04. The Hall–Kier alpha value is -0.590. The lowest BCUT2D eigenvalue weighted by Crippen LogP contribution is -2.43. The van der Waals surface area contributed by atoms with Gasteiger partial charge in [0.05, 0.1) is 8.59 Å². The summed E-state index contributed by atoms with van der Waals surface area (Å²) >= 11 is 8.45. The van der Waals surface area contributed by atoms with Crippen LogP contribution < -0.4 is 10.5 Å². The van der Waals surface area contributed by atoms with Crippen molar-refractivity contribution in [1.82, 2.24) is 4.98 Å². The normalized spacial score (nSPS) is 22.8. The molecule has 5 heteroatoms. The molecule has 3 rings (SSSR count).